The summed E-state index contributed by atoms with van der Waals surface area (Å²) in [5.74, 6) is 1.13. The monoisotopic (exact) mass is 192 g/mol. The van der Waals surface area contributed by atoms with Crippen LogP contribution in [0.5, 0.6) is 0 Å². The summed E-state index contributed by atoms with van der Waals surface area (Å²) in [4.78, 5) is 4.42. The fourth-order valence-corrected chi connectivity index (χ4v) is 2.15. The Labute approximate surface area is 82.5 Å². The van der Waals surface area contributed by atoms with Crippen LogP contribution in [-0.4, -0.2) is 24.4 Å². The largest absolute Gasteiger partial charge is 0.388 e. The van der Waals surface area contributed by atoms with Crippen molar-refractivity contribution in [1.29, 1.82) is 0 Å². The number of rotatable bonds is 2. The fourth-order valence-electron chi connectivity index (χ4n) is 1.29. The van der Waals surface area contributed by atoms with Gasteiger partial charge in [-0.05, 0) is 12.1 Å². The van der Waals surface area contributed by atoms with Gasteiger partial charge in [-0.1, -0.05) is 12.1 Å². The molecule has 13 heavy (non-hydrogen) atoms. The molecule has 0 spiro atoms. The molecule has 0 saturated heterocycles. The minimum Gasteiger partial charge on any atom is -0.388 e. The molecule has 1 N–H and O–H groups in total. The lowest BCUT2D eigenvalue weighted by Gasteiger charge is -2.02. The van der Waals surface area contributed by atoms with E-state index in [0.29, 0.717) is 0 Å². The third-order valence-corrected chi connectivity index (χ3v) is 3.03. The molecule has 0 aliphatic carbocycles. The van der Waals surface area contributed by atoms with Gasteiger partial charge in [-0.25, -0.2) is 0 Å². The summed E-state index contributed by atoms with van der Waals surface area (Å²) in [6.07, 6.45) is 0. The van der Waals surface area contributed by atoms with Crippen LogP contribution in [0.2, 0.25) is 0 Å². The summed E-state index contributed by atoms with van der Waals surface area (Å²) in [7, 11) is 1.93. The predicted molar refractivity (Wildman–Crippen MR) is 59.9 cm³/mol. The Kier molecular flexibility index (Phi) is 2.54. The lowest BCUT2D eigenvalue weighted by molar-refractivity contribution is 1.17. The van der Waals surface area contributed by atoms with Gasteiger partial charge in [0.15, 0.2) is 0 Å². The summed E-state index contributed by atoms with van der Waals surface area (Å²) in [6, 6.07) is 8.39. The molecule has 2 rings (SSSR count). The number of hydrogen-bond donors (Lipinski definition) is 1. The molecule has 68 valence electrons. The first kappa shape index (κ1) is 8.63. The molecule has 1 aromatic rings. The molecule has 3 heteroatoms. The molecule has 1 aliphatic rings. The first-order chi connectivity index (χ1) is 6.40. The summed E-state index contributed by atoms with van der Waals surface area (Å²) in [5, 5.41) is 4.28. The van der Waals surface area contributed by atoms with Crippen molar-refractivity contribution in [3.05, 3.63) is 29.8 Å². The fraction of sp³-hybridized carbons (Fsp3) is 0.300. The highest BCUT2D eigenvalue weighted by Crippen LogP contribution is 2.20. The smallest absolute Gasteiger partial charge is 0.0977 e. The average molecular weight is 192 g/mol. The minimum atomic E-state index is 0.966. The molecule has 0 radical (unpaired) electrons. The Balaban J connectivity index is 2.22. The van der Waals surface area contributed by atoms with Crippen molar-refractivity contribution in [2.45, 2.75) is 0 Å². The van der Waals surface area contributed by atoms with Gasteiger partial charge in [0.25, 0.3) is 0 Å². The number of anilines is 1. The Morgan fingerprint density at radius 1 is 1.31 bits per heavy atom. The predicted octanol–water partition coefficient (Wildman–Crippen LogP) is 2.22. The normalized spacial score (nSPS) is 15.6. The number of nitrogens with one attached hydrogen (secondary N) is 1. The van der Waals surface area contributed by atoms with Crippen LogP contribution in [0, 0.1) is 0 Å². The molecular weight excluding hydrogens is 180 g/mol. The molecular formula is C10H12N2S. The number of thioether (sulfide) groups is 1. The van der Waals surface area contributed by atoms with Crippen molar-refractivity contribution in [2.75, 3.05) is 24.7 Å². The van der Waals surface area contributed by atoms with E-state index in [9.17, 15) is 0 Å². The average Bonchev–Trinajstić information content (AvgIpc) is 2.71. The van der Waals surface area contributed by atoms with Gasteiger partial charge in [0.2, 0.25) is 0 Å². The highest BCUT2D eigenvalue weighted by atomic mass is 32.2. The highest BCUT2D eigenvalue weighted by Gasteiger charge is 2.08. The second-order valence-electron chi connectivity index (χ2n) is 2.86. The maximum Gasteiger partial charge on any atom is 0.0977 e. The van der Waals surface area contributed by atoms with Crippen LogP contribution in [0.15, 0.2) is 29.3 Å². The molecule has 0 bridgehead atoms. The van der Waals surface area contributed by atoms with Gasteiger partial charge >= 0.3 is 0 Å². The number of aliphatic imine (C=N–C) groups is 1. The lowest BCUT2D eigenvalue weighted by Crippen LogP contribution is -1.93. The van der Waals surface area contributed by atoms with E-state index in [1.807, 2.05) is 18.8 Å². The molecule has 0 fully saturated rings. The van der Waals surface area contributed by atoms with Gasteiger partial charge in [-0.2, -0.15) is 0 Å². The highest BCUT2D eigenvalue weighted by molar-refractivity contribution is 8.14. The summed E-state index contributed by atoms with van der Waals surface area (Å²) < 4.78 is 0. The van der Waals surface area contributed by atoms with Crippen molar-refractivity contribution in [1.82, 2.24) is 0 Å². The lowest BCUT2D eigenvalue weighted by atomic mass is 10.2. The second-order valence-corrected chi connectivity index (χ2v) is 3.95. The van der Waals surface area contributed by atoms with Crippen LogP contribution < -0.4 is 5.32 Å². The van der Waals surface area contributed by atoms with Crippen molar-refractivity contribution in [3.63, 3.8) is 0 Å². The number of nitrogens with zero attached hydrogens (tertiary/aromatic N) is 1. The number of hydrogen-bond acceptors (Lipinski definition) is 3. The second kappa shape index (κ2) is 3.83. The molecule has 1 heterocycles. The van der Waals surface area contributed by atoms with Crippen molar-refractivity contribution < 1.29 is 0 Å². The first-order valence-corrected chi connectivity index (χ1v) is 5.34. The van der Waals surface area contributed by atoms with E-state index in [1.54, 1.807) is 0 Å². The molecule has 0 amide bonds. The summed E-state index contributed by atoms with van der Waals surface area (Å²) in [5.41, 5.74) is 2.38. The first-order valence-electron chi connectivity index (χ1n) is 4.35. The van der Waals surface area contributed by atoms with Gasteiger partial charge < -0.3 is 5.32 Å². The van der Waals surface area contributed by atoms with Gasteiger partial charge in [-0.3, -0.25) is 4.99 Å². The van der Waals surface area contributed by atoms with Crippen LogP contribution in [0.4, 0.5) is 5.69 Å². The standard InChI is InChI=1S/C10H12N2S/c1-11-9-4-2-8(3-5-9)10-12-6-7-13-10/h2-5,11H,6-7H2,1H3. The molecule has 0 saturated carbocycles. The minimum absolute atomic E-state index is 0.966. The Morgan fingerprint density at radius 3 is 2.62 bits per heavy atom. The zero-order valence-electron chi connectivity index (χ0n) is 7.58. The van der Waals surface area contributed by atoms with Crippen LogP contribution in [0.25, 0.3) is 0 Å². The Morgan fingerprint density at radius 2 is 2.08 bits per heavy atom. The molecule has 0 aromatic heterocycles. The van der Waals surface area contributed by atoms with Crippen molar-refractivity contribution >= 4 is 22.5 Å². The van der Waals surface area contributed by atoms with Crippen LogP contribution in [-0.2, 0) is 0 Å². The number of benzene rings is 1. The van der Waals surface area contributed by atoms with Crippen molar-refractivity contribution in [3.8, 4) is 0 Å². The van der Waals surface area contributed by atoms with E-state index in [0.717, 1.165) is 18.0 Å². The van der Waals surface area contributed by atoms with E-state index in [1.165, 1.54) is 10.6 Å². The third kappa shape index (κ3) is 1.86. The van der Waals surface area contributed by atoms with E-state index in [-0.39, 0.29) is 0 Å². The Hall–Kier alpha value is -0.960. The zero-order valence-corrected chi connectivity index (χ0v) is 8.40. The third-order valence-electron chi connectivity index (χ3n) is 2.01. The molecule has 2 nitrogen and oxygen atoms in total. The molecule has 0 unspecified atom stereocenters. The van der Waals surface area contributed by atoms with Gasteiger partial charge in [0.05, 0.1) is 5.04 Å². The van der Waals surface area contributed by atoms with E-state index in [2.05, 4.69) is 34.6 Å². The maximum atomic E-state index is 4.42. The van der Waals surface area contributed by atoms with Crippen molar-refractivity contribution in [2.24, 2.45) is 4.99 Å². The van der Waals surface area contributed by atoms with E-state index in [4.69, 9.17) is 0 Å². The SMILES string of the molecule is CNc1ccc(C2=NCCS2)cc1. The van der Waals surface area contributed by atoms with Crippen LogP contribution >= 0.6 is 11.8 Å². The summed E-state index contributed by atoms with van der Waals surface area (Å²) in [6.45, 7) is 0.966. The van der Waals surface area contributed by atoms with Crippen LogP contribution in [0.3, 0.4) is 0 Å². The topological polar surface area (TPSA) is 24.4 Å². The van der Waals surface area contributed by atoms with Crippen LogP contribution in [0.1, 0.15) is 5.56 Å². The molecule has 0 atom stereocenters. The Bertz CT molecular complexity index is 316. The maximum absolute atomic E-state index is 4.42. The van der Waals surface area contributed by atoms with Gasteiger partial charge in [0, 0.05) is 30.6 Å². The van der Waals surface area contributed by atoms with Gasteiger partial charge in [-0.15, -0.1) is 11.8 Å². The molecule has 1 aliphatic heterocycles. The zero-order chi connectivity index (χ0) is 9.10. The molecule has 1 aromatic carbocycles. The van der Waals surface area contributed by atoms with E-state index < -0.39 is 0 Å². The summed E-state index contributed by atoms with van der Waals surface area (Å²) >= 11 is 1.84. The van der Waals surface area contributed by atoms with Gasteiger partial charge in [0.1, 0.15) is 0 Å². The quantitative estimate of drug-likeness (QED) is 0.777. The van der Waals surface area contributed by atoms with E-state index >= 15 is 0 Å².